The highest BCUT2D eigenvalue weighted by molar-refractivity contribution is 7.13. The number of hydrogen-bond acceptors (Lipinski definition) is 4. The number of nitrogens with zero attached hydrogens (tertiary/aromatic N) is 1. The second-order valence-electron chi connectivity index (χ2n) is 3.38. The molecular weight excluding hydrogens is 279 g/mol. The summed E-state index contributed by atoms with van der Waals surface area (Å²) in [6.07, 6.45) is -4.46. The summed E-state index contributed by atoms with van der Waals surface area (Å²) >= 11 is 0.773. The zero-order chi connectivity index (χ0) is 11.8. The molecule has 96 valence electrons. The number of anilines is 1. The molecule has 0 bridgehead atoms. The van der Waals surface area contributed by atoms with Gasteiger partial charge in [0.05, 0.1) is 5.92 Å². The first-order valence-corrected chi connectivity index (χ1v) is 5.39. The van der Waals surface area contributed by atoms with Crippen LogP contribution < -0.4 is 10.6 Å². The molecule has 0 atom stereocenters. The summed E-state index contributed by atoms with van der Waals surface area (Å²) in [5.74, 6) is -0.458. The highest BCUT2D eigenvalue weighted by atomic mass is 35.5. The predicted octanol–water partition coefficient (Wildman–Crippen LogP) is 1.74. The summed E-state index contributed by atoms with van der Waals surface area (Å²) in [4.78, 5) is 14.7. The Balaban J connectivity index is 0.00000144. The minimum atomic E-state index is -4.46. The summed E-state index contributed by atoms with van der Waals surface area (Å²) < 4.78 is 36.6. The maximum absolute atomic E-state index is 12.2. The van der Waals surface area contributed by atoms with Gasteiger partial charge in [-0.25, -0.2) is 4.98 Å². The Labute approximate surface area is 105 Å². The van der Waals surface area contributed by atoms with E-state index in [0.29, 0.717) is 13.1 Å². The van der Waals surface area contributed by atoms with E-state index in [-0.39, 0.29) is 29.4 Å². The van der Waals surface area contributed by atoms with E-state index in [1.54, 1.807) is 0 Å². The van der Waals surface area contributed by atoms with Crippen LogP contribution >= 0.6 is 23.7 Å². The zero-order valence-corrected chi connectivity index (χ0v) is 10.0. The van der Waals surface area contributed by atoms with Crippen LogP contribution in [0.15, 0.2) is 5.38 Å². The van der Waals surface area contributed by atoms with Gasteiger partial charge in [0, 0.05) is 18.5 Å². The van der Waals surface area contributed by atoms with Crippen LogP contribution in [0.25, 0.3) is 0 Å². The molecule has 0 spiro atoms. The van der Waals surface area contributed by atoms with Crippen molar-refractivity contribution in [2.75, 3.05) is 18.4 Å². The first-order chi connectivity index (χ1) is 7.47. The summed E-state index contributed by atoms with van der Waals surface area (Å²) in [6.45, 7) is 1.12. The Morgan fingerprint density at radius 3 is 2.59 bits per heavy atom. The lowest BCUT2D eigenvalue weighted by molar-refractivity contribution is -0.140. The molecule has 17 heavy (non-hydrogen) atoms. The molecule has 0 aromatic carbocycles. The molecule has 4 nitrogen and oxygen atoms in total. The molecule has 0 radical (unpaired) electrons. The van der Waals surface area contributed by atoms with Crippen LogP contribution in [0, 0.1) is 5.92 Å². The number of carbonyl (C=O) groups is 1. The molecule has 2 heterocycles. The van der Waals surface area contributed by atoms with Gasteiger partial charge in [-0.3, -0.25) is 4.79 Å². The number of alkyl halides is 3. The second-order valence-corrected chi connectivity index (χ2v) is 4.24. The highest BCUT2D eigenvalue weighted by Gasteiger charge is 2.34. The fraction of sp³-hybridized carbons (Fsp3) is 0.500. The maximum atomic E-state index is 12.2. The standard InChI is InChI=1S/C8H8F3N3OS.ClH/c9-8(10,11)5-3-16-7(13-5)14-6(15)4-1-12-2-4;/h3-4,12H,1-2H2,(H,13,14,15);1H. The number of nitrogens with one attached hydrogen (secondary N) is 2. The van der Waals surface area contributed by atoms with E-state index in [1.165, 1.54) is 0 Å². The molecule has 1 fully saturated rings. The van der Waals surface area contributed by atoms with Crippen LogP contribution in [0.1, 0.15) is 5.69 Å². The number of rotatable bonds is 2. The van der Waals surface area contributed by atoms with Gasteiger partial charge in [-0.1, -0.05) is 0 Å². The van der Waals surface area contributed by atoms with E-state index in [0.717, 1.165) is 16.7 Å². The van der Waals surface area contributed by atoms with Gasteiger partial charge in [0.15, 0.2) is 10.8 Å². The zero-order valence-electron chi connectivity index (χ0n) is 8.37. The van der Waals surface area contributed by atoms with Crippen LogP contribution in [0.3, 0.4) is 0 Å². The van der Waals surface area contributed by atoms with Gasteiger partial charge in [0.25, 0.3) is 0 Å². The van der Waals surface area contributed by atoms with E-state index >= 15 is 0 Å². The summed E-state index contributed by atoms with van der Waals surface area (Å²) in [5.41, 5.74) is -0.973. The Bertz CT molecular complexity index is 405. The van der Waals surface area contributed by atoms with Crippen molar-refractivity contribution < 1.29 is 18.0 Å². The minimum Gasteiger partial charge on any atom is -0.315 e. The first kappa shape index (κ1) is 14.2. The maximum Gasteiger partial charge on any atom is 0.434 e. The molecule has 2 rings (SSSR count). The fourth-order valence-electron chi connectivity index (χ4n) is 1.14. The van der Waals surface area contributed by atoms with Crippen LogP contribution in [0.4, 0.5) is 18.3 Å². The summed E-state index contributed by atoms with van der Waals surface area (Å²) in [5, 5.41) is 6.14. The van der Waals surface area contributed by atoms with Gasteiger partial charge in [-0.15, -0.1) is 23.7 Å². The van der Waals surface area contributed by atoms with E-state index in [4.69, 9.17) is 0 Å². The van der Waals surface area contributed by atoms with E-state index in [2.05, 4.69) is 15.6 Å². The first-order valence-electron chi connectivity index (χ1n) is 4.51. The molecular formula is C8H9ClF3N3OS. The average Bonchev–Trinajstić information content (AvgIpc) is 2.47. The van der Waals surface area contributed by atoms with Crippen molar-refractivity contribution in [1.29, 1.82) is 0 Å². The lowest BCUT2D eigenvalue weighted by Gasteiger charge is -2.25. The normalized spacial score (nSPS) is 15.9. The second kappa shape index (κ2) is 5.19. The molecule has 1 aromatic rings. The lowest BCUT2D eigenvalue weighted by atomic mass is 10.0. The van der Waals surface area contributed by atoms with Crippen molar-refractivity contribution >= 4 is 34.8 Å². The van der Waals surface area contributed by atoms with Crippen LogP contribution in [0.5, 0.6) is 0 Å². The third-order valence-electron chi connectivity index (χ3n) is 2.18. The van der Waals surface area contributed by atoms with Gasteiger partial charge >= 0.3 is 6.18 Å². The smallest absolute Gasteiger partial charge is 0.315 e. The highest BCUT2D eigenvalue weighted by Crippen LogP contribution is 2.31. The quantitative estimate of drug-likeness (QED) is 0.871. The molecule has 1 saturated heterocycles. The number of halogens is 4. The van der Waals surface area contributed by atoms with Crippen LogP contribution in [0.2, 0.25) is 0 Å². The molecule has 0 unspecified atom stereocenters. The topological polar surface area (TPSA) is 54.0 Å². The fourth-order valence-corrected chi connectivity index (χ4v) is 1.86. The summed E-state index contributed by atoms with van der Waals surface area (Å²) in [7, 11) is 0. The average molecular weight is 288 g/mol. The Kier molecular flexibility index (Phi) is 4.34. The van der Waals surface area contributed by atoms with Gasteiger partial charge in [0.1, 0.15) is 0 Å². The lowest BCUT2D eigenvalue weighted by Crippen LogP contribution is -2.48. The Morgan fingerprint density at radius 2 is 2.18 bits per heavy atom. The number of thiazole rings is 1. The number of carbonyl (C=O) groups excluding carboxylic acids is 1. The van der Waals surface area contributed by atoms with Crippen molar-refractivity contribution in [3.05, 3.63) is 11.1 Å². The molecule has 1 aromatic heterocycles. The van der Waals surface area contributed by atoms with E-state index < -0.39 is 11.9 Å². The molecule has 9 heteroatoms. The van der Waals surface area contributed by atoms with E-state index in [1.807, 2.05) is 0 Å². The van der Waals surface area contributed by atoms with Gasteiger partial charge < -0.3 is 10.6 Å². The van der Waals surface area contributed by atoms with Gasteiger partial charge in [-0.2, -0.15) is 13.2 Å². The molecule has 2 N–H and O–H groups in total. The Morgan fingerprint density at radius 1 is 1.53 bits per heavy atom. The predicted molar refractivity (Wildman–Crippen MR) is 59.4 cm³/mol. The summed E-state index contributed by atoms with van der Waals surface area (Å²) in [6, 6.07) is 0. The minimum absolute atomic E-state index is 0. The molecule has 1 amide bonds. The SMILES string of the molecule is Cl.O=C(Nc1nc(C(F)(F)F)cs1)C1CNC1. The third kappa shape index (κ3) is 3.30. The number of hydrogen-bond donors (Lipinski definition) is 2. The van der Waals surface area contributed by atoms with Crippen LogP contribution in [-0.4, -0.2) is 24.0 Å². The van der Waals surface area contributed by atoms with Crippen LogP contribution in [-0.2, 0) is 11.0 Å². The third-order valence-corrected chi connectivity index (χ3v) is 2.93. The van der Waals surface area contributed by atoms with Crippen molar-refractivity contribution in [3.8, 4) is 0 Å². The van der Waals surface area contributed by atoms with Crippen molar-refractivity contribution in [1.82, 2.24) is 10.3 Å². The Hall–Kier alpha value is -0.860. The molecule has 1 aliphatic rings. The molecule has 1 aliphatic heterocycles. The van der Waals surface area contributed by atoms with Gasteiger partial charge in [-0.05, 0) is 0 Å². The number of amides is 1. The van der Waals surface area contributed by atoms with Crippen molar-refractivity contribution in [3.63, 3.8) is 0 Å². The molecule has 0 aliphatic carbocycles. The molecule has 0 saturated carbocycles. The monoisotopic (exact) mass is 287 g/mol. The number of aromatic nitrogens is 1. The van der Waals surface area contributed by atoms with Crippen molar-refractivity contribution in [2.45, 2.75) is 6.18 Å². The van der Waals surface area contributed by atoms with Gasteiger partial charge in [0.2, 0.25) is 5.91 Å². The van der Waals surface area contributed by atoms with Crippen molar-refractivity contribution in [2.24, 2.45) is 5.92 Å². The van der Waals surface area contributed by atoms with E-state index in [9.17, 15) is 18.0 Å². The largest absolute Gasteiger partial charge is 0.434 e.